The van der Waals surface area contributed by atoms with Crippen LogP contribution in [0.5, 0.6) is 0 Å². The predicted octanol–water partition coefficient (Wildman–Crippen LogP) is 4.71. The van der Waals surface area contributed by atoms with Crippen molar-refractivity contribution in [2.45, 2.75) is 13.8 Å². The van der Waals surface area contributed by atoms with Gasteiger partial charge in [0.2, 0.25) is 0 Å². The first-order valence-corrected chi connectivity index (χ1v) is 10.3. The van der Waals surface area contributed by atoms with Gasteiger partial charge in [-0.1, -0.05) is 24.3 Å². The second-order valence-corrected chi connectivity index (χ2v) is 6.88. The Bertz CT molecular complexity index is 1300. The van der Waals surface area contributed by atoms with E-state index in [0.29, 0.717) is 28.2 Å². The first kappa shape index (κ1) is 21.1. The molecule has 0 radical (unpaired) electrons. The summed E-state index contributed by atoms with van der Waals surface area (Å²) in [6.45, 7) is 4.01. The maximum absolute atomic E-state index is 12.6. The molecule has 0 aliphatic heterocycles. The number of ether oxygens (including phenoxy) is 2. The Labute approximate surface area is 185 Å². The maximum Gasteiger partial charge on any atom is 0.338 e. The fourth-order valence-corrected chi connectivity index (χ4v) is 3.35. The number of hydrogen-bond acceptors (Lipinski definition) is 7. The van der Waals surface area contributed by atoms with Gasteiger partial charge in [0.05, 0.1) is 46.9 Å². The number of pyridine rings is 3. The summed E-state index contributed by atoms with van der Waals surface area (Å²) in [7, 11) is 0. The van der Waals surface area contributed by atoms with E-state index in [9.17, 15) is 9.59 Å². The molecular formula is C25H21N3O4. The Morgan fingerprint density at radius 2 is 1.44 bits per heavy atom. The number of benzene rings is 1. The van der Waals surface area contributed by atoms with Gasteiger partial charge in [-0.15, -0.1) is 0 Å². The molecule has 160 valence electrons. The summed E-state index contributed by atoms with van der Waals surface area (Å²) in [4.78, 5) is 38.4. The van der Waals surface area contributed by atoms with E-state index in [4.69, 9.17) is 14.5 Å². The van der Waals surface area contributed by atoms with Gasteiger partial charge in [-0.25, -0.2) is 14.6 Å². The summed E-state index contributed by atoms with van der Waals surface area (Å²) in [6, 6.07) is 16.1. The van der Waals surface area contributed by atoms with Crippen LogP contribution in [0, 0.1) is 0 Å². The van der Waals surface area contributed by atoms with Crippen molar-refractivity contribution in [3.05, 3.63) is 78.1 Å². The maximum atomic E-state index is 12.6. The van der Waals surface area contributed by atoms with Crippen molar-refractivity contribution in [2.24, 2.45) is 0 Å². The molecule has 4 aromatic rings. The highest BCUT2D eigenvalue weighted by atomic mass is 16.5. The number of esters is 2. The first-order chi connectivity index (χ1) is 15.6. The van der Waals surface area contributed by atoms with Crippen molar-refractivity contribution in [2.75, 3.05) is 13.2 Å². The summed E-state index contributed by atoms with van der Waals surface area (Å²) < 4.78 is 10.3. The highest BCUT2D eigenvalue weighted by Crippen LogP contribution is 2.29. The second kappa shape index (κ2) is 9.34. The van der Waals surface area contributed by atoms with E-state index in [0.717, 1.165) is 16.5 Å². The van der Waals surface area contributed by atoms with Gasteiger partial charge in [0.15, 0.2) is 0 Å². The van der Waals surface area contributed by atoms with Gasteiger partial charge >= 0.3 is 11.9 Å². The largest absolute Gasteiger partial charge is 0.462 e. The van der Waals surface area contributed by atoms with E-state index in [1.807, 2.05) is 30.3 Å². The monoisotopic (exact) mass is 427 g/mol. The third kappa shape index (κ3) is 4.32. The molecule has 0 unspecified atom stereocenters. The first-order valence-electron chi connectivity index (χ1n) is 10.3. The van der Waals surface area contributed by atoms with E-state index in [1.54, 1.807) is 44.3 Å². The number of fused-ring (bicyclic) bond motifs is 1. The van der Waals surface area contributed by atoms with Crippen molar-refractivity contribution in [3.63, 3.8) is 0 Å². The molecule has 0 fully saturated rings. The minimum absolute atomic E-state index is 0.248. The lowest BCUT2D eigenvalue weighted by atomic mass is 10.0. The van der Waals surface area contributed by atoms with Crippen molar-refractivity contribution < 1.29 is 19.1 Å². The third-order valence-corrected chi connectivity index (χ3v) is 4.78. The van der Waals surface area contributed by atoms with Gasteiger partial charge in [0, 0.05) is 23.3 Å². The molecule has 0 atom stereocenters. The molecule has 7 heteroatoms. The zero-order chi connectivity index (χ0) is 22.5. The molecule has 0 bridgehead atoms. The van der Waals surface area contributed by atoms with Crippen molar-refractivity contribution in [1.82, 2.24) is 15.0 Å². The van der Waals surface area contributed by atoms with Crippen LogP contribution in [0.2, 0.25) is 0 Å². The lowest BCUT2D eigenvalue weighted by Crippen LogP contribution is -2.07. The molecule has 7 nitrogen and oxygen atoms in total. The van der Waals surface area contributed by atoms with Crippen LogP contribution in [0.25, 0.3) is 33.5 Å². The molecule has 32 heavy (non-hydrogen) atoms. The van der Waals surface area contributed by atoms with Crippen molar-refractivity contribution in [1.29, 1.82) is 0 Å². The standard InChI is InChI=1S/C25H21N3O4/c1-3-31-24(29)17-10-12-26-21(13-17)22-15-18(25(30)32-4-2)14-20(28-22)19-9-5-7-16-8-6-11-27-23(16)19/h5-15H,3-4H2,1-2H3. The summed E-state index contributed by atoms with van der Waals surface area (Å²) in [5.74, 6) is -0.914. The van der Waals surface area contributed by atoms with E-state index in [1.165, 1.54) is 6.20 Å². The van der Waals surface area contributed by atoms with E-state index < -0.39 is 11.9 Å². The molecular weight excluding hydrogens is 406 g/mol. The van der Waals surface area contributed by atoms with Crippen LogP contribution in [0.15, 0.2) is 67.0 Å². The molecule has 0 aliphatic carbocycles. The minimum Gasteiger partial charge on any atom is -0.462 e. The van der Waals surface area contributed by atoms with Gasteiger partial charge in [-0.2, -0.15) is 0 Å². The fraction of sp³-hybridized carbons (Fsp3) is 0.160. The van der Waals surface area contributed by atoms with Gasteiger partial charge in [0.1, 0.15) is 0 Å². The number of hydrogen-bond donors (Lipinski definition) is 0. The molecule has 4 rings (SSSR count). The van der Waals surface area contributed by atoms with Crippen LogP contribution < -0.4 is 0 Å². The van der Waals surface area contributed by atoms with Crippen LogP contribution in [0.1, 0.15) is 34.6 Å². The molecule has 0 aliphatic rings. The summed E-state index contributed by atoms with van der Waals surface area (Å²) in [5.41, 5.74) is 3.66. The predicted molar refractivity (Wildman–Crippen MR) is 120 cm³/mol. The average Bonchev–Trinajstić information content (AvgIpc) is 2.84. The number of para-hydroxylation sites is 1. The Morgan fingerprint density at radius 3 is 2.22 bits per heavy atom. The van der Waals surface area contributed by atoms with Crippen LogP contribution >= 0.6 is 0 Å². The molecule has 0 N–H and O–H groups in total. The third-order valence-electron chi connectivity index (χ3n) is 4.78. The zero-order valence-corrected chi connectivity index (χ0v) is 17.7. The Morgan fingerprint density at radius 1 is 0.750 bits per heavy atom. The molecule has 0 amide bonds. The van der Waals surface area contributed by atoms with Crippen molar-refractivity contribution in [3.8, 4) is 22.6 Å². The van der Waals surface area contributed by atoms with E-state index in [-0.39, 0.29) is 13.2 Å². The number of nitrogens with zero attached hydrogens (tertiary/aromatic N) is 3. The fourth-order valence-electron chi connectivity index (χ4n) is 3.35. The average molecular weight is 427 g/mol. The SMILES string of the molecule is CCOC(=O)c1ccnc(-c2cc(C(=O)OCC)cc(-c3cccc4cccnc34)n2)c1. The summed E-state index contributed by atoms with van der Waals surface area (Å²) in [5, 5.41) is 0.956. The molecule has 3 aromatic heterocycles. The van der Waals surface area contributed by atoms with Crippen LogP contribution in [0.4, 0.5) is 0 Å². The van der Waals surface area contributed by atoms with E-state index in [2.05, 4.69) is 9.97 Å². The van der Waals surface area contributed by atoms with Crippen LogP contribution in [-0.2, 0) is 9.47 Å². The van der Waals surface area contributed by atoms with Crippen LogP contribution in [-0.4, -0.2) is 40.1 Å². The molecule has 0 saturated carbocycles. The minimum atomic E-state index is -0.466. The lowest BCUT2D eigenvalue weighted by molar-refractivity contribution is 0.0516. The lowest BCUT2D eigenvalue weighted by Gasteiger charge is -2.11. The van der Waals surface area contributed by atoms with Gasteiger partial charge in [0.25, 0.3) is 0 Å². The Balaban J connectivity index is 1.89. The van der Waals surface area contributed by atoms with E-state index >= 15 is 0 Å². The Hall–Kier alpha value is -4.13. The second-order valence-electron chi connectivity index (χ2n) is 6.88. The topological polar surface area (TPSA) is 91.3 Å². The highest BCUT2D eigenvalue weighted by molar-refractivity contribution is 5.96. The Kier molecular flexibility index (Phi) is 6.17. The number of rotatable bonds is 6. The molecule has 3 heterocycles. The highest BCUT2D eigenvalue weighted by Gasteiger charge is 2.17. The summed E-state index contributed by atoms with van der Waals surface area (Å²) in [6.07, 6.45) is 3.23. The van der Waals surface area contributed by atoms with Gasteiger partial charge in [-0.05, 0) is 44.2 Å². The number of aromatic nitrogens is 3. The summed E-state index contributed by atoms with van der Waals surface area (Å²) >= 11 is 0. The molecule has 0 saturated heterocycles. The smallest absolute Gasteiger partial charge is 0.338 e. The molecule has 0 spiro atoms. The van der Waals surface area contributed by atoms with Gasteiger partial charge in [-0.3, -0.25) is 9.97 Å². The van der Waals surface area contributed by atoms with Crippen molar-refractivity contribution >= 4 is 22.8 Å². The zero-order valence-electron chi connectivity index (χ0n) is 17.7. The number of carbonyl (C=O) groups is 2. The van der Waals surface area contributed by atoms with Gasteiger partial charge < -0.3 is 9.47 Å². The number of carbonyl (C=O) groups excluding carboxylic acids is 2. The quantitative estimate of drug-likeness (QED) is 0.412. The van der Waals surface area contributed by atoms with Crippen LogP contribution in [0.3, 0.4) is 0 Å². The normalized spacial score (nSPS) is 10.7. The molecule has 1 aromatic carbocycles.